The highest BCUT2D eigenvalue weighted by atomic mass is 32.2. The Morgan fingerprint density at radius 3 is 2.57 bits per heavy atom. The summed E-state index contributed by atoms with van der Waals surface area (Å²) in [5, 5.41) is 3.05. The summed E-state index contributed by atoms with van der Waals surface area (Å²) >= 11 is 1.79. The molecule has 0 radical (unpaired) electrons. The Bertz CT molecular complexity index is 441. The molecule has 1 aromatic carbocycles. The van der Waals surface area contributed by atoms with E-state index in [1.165, 1.54) is 31.5 Å². The Labute approximate surface area is 132 Å². The van der Waals surface area contributed by atoms with E-state index in [9.17, 15) is 4.79 Å². The lowest BCUT2D eigenvalue weighted by atomic mass is 10.1. The summed E-state index contributed by atoms with van der Waals surface area (Å²) in [6.07, 6.45) is 4.73. The average Bonchev–Trinajstić information content (AvgIpc) is 2.99. The lowest BCUT2D eigenvalue weighted by Crippen LogP contribution is -2.34. The van der Waals surface area contributed by atoms with Gasteiger partial charge in [-0.2, -0.15) is 11.8 Å². The number of carbonyl (C=O) groups is 1. The minimum absolute atomic E-state index is 0.0407. The molecule has 1 aliphatic heterocycles. The third-order valence-corrected chi connectivity index (χ3v) is 4.53. The van der Waals surface area contributed by atoms with Crippen LogP contribution in [0.3, 0.4) is 0 Å². The van der Waals surface area contributed by atoms with Gasteiger partial charge in [0.1, 0.15) is 0 Å². The number of benzene rings is 1. The molecule has 116 valence electrons. The first-order valence-corrected chi connectivity index (χ1v) is 9.17. The summed E-state index contributed by atoms with van der Waals surface area (Å²) in [6, 6.07) is 7.93. The van der Waals surface area contributed by atoms with Gasteiger partial charge in [-0.25, -0.2) is 0 Å². The minimum atomic E-state index is 0.0407. The van der Waals surface area contributed by atoms with E-state index >= 15 is 0 Å². The first-order valence-electron chi connectivity index (χ1n) is 7.77. The number of carbonyl (C=O) groups excluding carboxylic acids is 1. The molecule has 1 N–H and O–H groups in total. The molecule has 4 heteroatoms. The van der Waals surface area contributed by atoms with Crippen molar-refractivity contribution in [3.05, 3.63) is 35.4 Å². The van der Waals surface area contributed by atoms with Gasteiger partial charge in [0.2, 0.25) is 0 Å². The van der Waals surface area contributed by atoms with E-state index < -0.39 is 0 Å². The minimum Gasteiger partial charge on any atom is -0.352 e. The quantitative estimate of drug-likeness (QED) is 0.840. The monoisotopic (exact) mass is 306 g/mol. The second kappa shape index (κ2) is 8.44. The predicted molar refractivity (Wildman–Crippen MR) is 90.8 cm³/mol. The molecule has 3 nitrogen and oxygen atoms in total. The second-order valence-electron chi connectivity index (χ2n) is 5.95. The van der Waals surface area contributed by atoms with Crippen molar-refractivity contribution in [2.24, 2.45) is 5.92 Å². The Hall–Kier alpha value is -1.00. The van der Waals surface area contributed by atoms with Crippen molar-refractivity contribution in [1.29, 1.82) is 0 Å². The van der Waals surface area contributed by atoms with Crippen LogP contribution >= 0.6 is 11.8 Å². The molecule has 0 bridgehead atoms. The smallest absolute Gasteiger partial charge is 0.251 e. The fraction of sp³-hybridized carbons (Fsp3) is 0.588. The maximum absolute atomic E-state index is 12.1. The molecular formula is C17H26N2OS. The van der Waals surface area contributed by atoms with Crippen molar-refractivity contribution in [3.63, 3.8) is 0 Å². The highest BCUT2D eigenvalue weighted by molar-refractivity contribution is 7.97. The maximum atomic E-state index is 12.1. The van der Waals surface area contributed by atoms with Crippen LogP contribution in [0.25, 0.3) is 0 Å². The molecular weight excluding hydrogens is 280 g/mol. The van der Waals surface area contributed by atoms with Gasteiger partial charge < -0.3 is 10.2 Å². The molecule has 1 amide bonds. The lowest BCUT2D eigenvalue weighted by molar-refractivity contribution is 0.0945. The Kier molecular flexibility index (Phi) is 6.58. The van der Waals surface area contributed by atoms with Crippen molar-refractivity contribution in [2.75, 3.05) is 32.4 Å². The van der Waals surface area contributed by atoms with Crippen LogP contribution < -0.4 is 5.32 Å². The van der Waals surface area contributed by atoms with Crippen molar-refractivity contribution in [3.8, 4) is 0 Å². The zero-order chi connectivity index (χ0) is 15.1. The SMILES string of the molecule is CSCc1ccc(C(=O)NCC(C)CN2CCCC2)cc1. The maximum Gasteiger partial charge on any atom is 0.251 e. The van der Waals surface area contributed by atoms with Gasteiger partial charge in [0.25, 0.3) is 5.91 Å². The number of nitrogens with zero attached hydrogens (tertiary/aromatic N) is 1. The molecule has 1 unspecified atom stereocenters. The van der Waals surface area contributed by atoms with E-state index in [0.29, 0.717) is 5.92 Å². The van der Waals surface area contributed by atoms with Gasteiger partial charge in [-0.05, 0) is 55.8 Å². The summed E-state index contributed by atoms with van der Waals surface area (Å²) in [6.45, 7) is 6.49. The van der Waals surface area contributed by atoms with Gasteiger partial charge in [-0.3, -0.25) is 4.79 Å². The van der Waals surface area contributed by atoms with Crippen molar-refractivity contribution < 1.29 is 4.79 Å². The summed E-state index contributed by atoms with van der Waals surface area (Å²) < 4.78 is 0. The van der Waals surface area contributed by atoms with E-state index in [-0.39, 0.29) is 5.91 Å². The Balaban J connectivity index is 1.75. The van der Waals surface area contributed by atoms with E-state index in [1.807, 2.05) is 24.3 Å². The fourth-order valence-corrected chi connectivity index (χ4v) is 3.28. The first kappa shape index (κ1) is 16.4. The average molecular weight is 306 g/mol. The highest BCUT2D eigenvalue weighted by Gasteiger charge is 2.15. The second-order valence-corrected chi connectivity index (χ2v) is 6.82. The summed E-state index contributed by atoms with van der Waals surface area (Å²) in [5.41, 5.74) is 2.02. The van der Waals surface area contributed by atoms with Gasteiger partial charge in [0, 0.05) is 24.4 Å². The number of thioether (sulfide) groups is 1. The van der Waals surface area contributed by atoms with E-state index in [2.05, 4.69) is 23.4 Å². The van der Waals surface area contributed by atoms with Crippen LogP contribution in [-0.2, 0) is 5.75 Å². The fourth-order valence-electron chi connectivity index (χ4n) is 2.76. The number of likely N-dealkylation sites (tertiary alicyclic amines) is 1. The zero-order valence-corrected chi connectivity index (χ0v) is 13.9. The van der Waals surface area contributed by atoms with E-state index in [1.54, 1.807) is 11.8 Å². The molecule has 1 saturated heterocycles. The number of hydrogen-bond donors (Lipinski definition) is 1. The van der Waals surface area contributed by atoms with Crippen LogP contribution in [0.5, 0.6) is 0 Å². The number of nitrogens with one attached hydrogen (secondary N) is 1. The summed E-state index contributed by atoms with van der Waals surface area (Å²) in [4.78, 5) is 14.6. The van der Waals surface area contributed by atoms with Gasteiger partial charge >= 0.3 is 0 Å². The van der Waals surface area contributed by atoms with E-state index in [4.69, 9.17) is 0 Å². The molecule has 1 atom stereocenters. The Morgan fingerprint density at radius 1 is 1.29 bits per heavy atom. The molecule has 0 spiro atoms. The van der Waals surface area contributed by atoms with Crippen molar-refractivity contribution in [1.82, 2.24) is 10.2 Å². The third-order valence-electron chi connectivity index (χ3n) is 3.91. The molecule has 1 fully saturated rings. The largest absolute Gasteiger partial charge is 0.352 e. The topological polar surface area (TPSA) is 32.3 Å². The molecule has 0 aliphatic carbocycles. The highest BCUT2D eigenvalue weighted by Crippen LogP contribution is 2.11. The van der Waals surface area contributed by atoms with Crippen LogP contribution in [0.2, 0.25) is 0 Å². The van der Waals surface area contributed by atoms with Crippen molar-refractivity contribution in [2.45, 2.75) is 25.5 Å². The number of amides is 1. The third kappa shape index (κ3) is 5.36. The lowest BCUT2D eigenvalue weighted by Gasteiger charge is -2.20. The molecule has 1 heterocycles. The Morgan fingerprint density at radius 2 is 1.95 bits per heavy atom. The van der Waals surface area contributed by atoms with Crippen LogP contribution in [0.4, 0.5) is 0 Å². The molecule has 1 aliphatic rings. The van der Waals surface area contributed by atoms with E-state index in [0.717, 1.165) is 24.4 Å². The van der Waals surface area contributed by atoms with Gasteiger partial charge in [0.05, 0.1) is 0 Å². The van der Waals surface area contributed by atoms with Crippen molar-refractivity contribution >= 4 is 17.7 Å². The zero-order valence-electron chi connectivity index (χ0n) is 13.1. The molecule has 21 heavy (non-hydrogen) atoms. The van der Waals surface area contributed by atoms with Crippen LogP contribution in [0, 0.1) is 5.92 Å². The summed E-state index contributed by atoms with van der Waals surface area (Å²) in [5.74, 6) is 1.54. The predicted octanol–water partition coefficient (Wildman–Crippen LogP) is 3.01. The standard InChI is InChI=1S/C17H26N2OS/c1-14(12-19-9-3-4-10-19)11-18-17(20)16-7-5-15(6-8-16)13-21-2/h5-8,14H,3-4,9-13H2,1-2H3,(H,18,20). The van der Waals surface area contributed by atoms with Gasteiger partial charge in [-0.1, -0.05) is 19.1 Å². The summed E-state index contributed by atoms with van der Waals surface area (Å²) in [7, 11) is 0. The molecule has 0 saturated carbocycles. The van der Waals surface area contributed by atoms with Crippen LogP contribution in [-0.4, -0.2) is 43.2 Å². The first-order chi connectivity index (χ1) is 10.2. The molecule has 2 rings (SSSR count). The number of rotatable bonds is 7. The van der Waals surface area contributed by atoms with Gasteiger partial charge in [-0.15, -0.1) is 0 Å². The number of hydrogen-bond acceptors (Lipinski definition) is 3. The van der Waals surface area contributed by atoms with Crippen LogP contribution in [0.1, 0.15) is 35.7 Å². The van der Waals surface area contributed by atoms with Gasteiger partial charge in [0.15, 0.2) is 0 Å². The molecule has 1 aromatic rings. The molecule has 0 aromatic heterocycles. The normalized spacial score (nSPS) is 16.9. The van der Waals surface area contributed by atoms with Crippen LogP contribution in [0.15, 0.2) is 24.3 Å².